The van der Waals surface area contributed by atoms with Gasteiger partial charge in [-0.15, -0.1) is 0 Å². The summed E-state index contributed by atoms with van der Waals surface area (Å²) in [4.78, 5) is 26.3. The van der Waals surface area contributed by atoms with Gasteiger partial charge in [-0.3, -0.25) is 9.59 Å². The molecule has 0 fully saturated rings. The number of dihydropyridines is 1. The predicted octanol–water partition coefficient (Wildman–Crippen LogP) is 5.45. The van der Waals surface area contributed by atoms with Crippen LogP contribution in [0.2, 0.25) is 5.02 Å². The molecule has 1 N–H and O–H groups in total. The van der Waals surface area contributed by atoms with Crippen molar-refractivity contribution in [2.45, 2.75) is 59.3 Å². The molecule has 0 bridgehead atoms. The maximum atomic E-state index is 14.9. The van der Waals surface area contributed by atoms with Crippen molar-refractivity contribution in [3.05, 3.63) is 57.1 Å². The first-order valence-corrected chi connectivity index (χ1v) is 10.1. The van der Waals surface area contributed by atoms with E-state index in [0.717, 1.165) is 11.4 Å². The summed E-state index contributed by atoms with van der Waals surface area (Å²) in [6.45, 7) is 8.24. The van der Waals surface area contributed by atoms with Crippen LogP contribution in [0.1, 0.15) is 64.9 Å². The quantitative estimate of drug-likeness (QED) is 0.680. The number of carbonyl (C=O) groups is 2. The molecular weight excluding hydrogens is 377 g/mol. The molecule has 2 aliphatic carbocycles. The number of ketones is 2. The maximum Gasteiger partial charge on any atom is 0.162 e. The van der Waals surface area contributed by atoms with Crippen LogP contribution >= 0.6 is 11.6 Å². The van der Waals surface area contributed by atoms with Gasteiger partial charge >= 0.3 is 0 Å². The average molecular weight is 402 g/mol. The highest BCUT2D eigenvalue weighted by Crippen LogP contribution is 2.51. The van der Waals surface area contributed by atoms with Crippen LogP contribution in [-0.2, 0) is 9.59 Å². The third-order valence-electron chi connectivity index (χ3n) is 5.99. The molecule has 1 aromatic rings. The van der Waals surface area contributed by atoms with E-state index in [0.29, 0.717) is 47.4 Å². The summed E-state index contributed by atoms with van der Waals surface area (Å²) >= 11 is 6.17. The number of hydrogen-bond acceptors (Lipinski definition) is 3. The molecule has 0 amide bonds. The first kappa shape index (κ1) is 19.4. The van der Waals surface area contributed by atoms with Crippen molar-refractivity contribution in [2.75, 3.05) is 0 Å². The average Bonchev–Trinajstić information content (AvgIpc) is 2.52. The van der Waals surface area contributed by atoms with Gasteiger partial charge in [0.05, 0.1) is 0 Å². The molecule has 4 rings (SSSR count). The van der Waals surface area contributed by atoms with Crippen LogP contribution in [0.5, 0.6) is 0 Å². The molecule has 5 heteroatoms. The van der Waals surface area contributed by atoms with E-state index >= 15 is 0 Å². The first-order chi connectivity index (χ1) is 13.0. The van der Waals surface area contributed by atoms with Gasteiger partial charge in [0.1, 0.15) is 5.82 Å². The molecular formula is C23H25ClFNO2. The summed E-state index contributed by atoms with van der Waals surface area (Å²) in [5.41, 5.74) is 2.69. The van der Waals surface area contributed by atoms with Gasteiger partial charge in [0.25, 0.3) is 0 Å². The third-order valence-corrected chi connectivity index (χ3v) is 6.22. The second kappa shape index (κ2) is 6.28. The lowest BCUT2D eigenvalue weighted by Crippen LogP contribution is -2.42. The lowest BCUT2D eigenvalue weighted by atomic mass is 9.64. The second-order valence-corrected chi connectivity index (χ2v) is 10.3. The van der Waals surface area contributed by atoms with Crippen LogP contribution in [-0.4, -0.2) is 11.6 Å². The van der Waals surface area contributed by atoms with Gasteiger partial charge < -0.3 is 5.32 Å². The number of halogens is 2. The monoisotopic (exact) mass is 401 g/mol. The molecule has 0 spiro atoms. The topological polar surface area (TPSA) is 46.2 Å². The standard InChI is InChI=1S/C23H25ClFNO2/c1-22(2)8-15-20(17(27)10-22)19(13-7-12(24)5-6-14(13)25)21-16(26-15)9-23(3,4)11-18(21)28/h5-7,19,26H,8-11H2,1-4H3. The van der Waals surface area contributed by atoms with E-state index in [-0.39, 0.29) is 22.4 Å². The smallest absolute Gasteiger partial charge is 0.162 e. The molecule has 0 aromatic heterocycles. The first-order valence-electron chi connectivity index (χ1n) is 9.72. The Kier molecular flexibility index (Phi) is 4.35. The van der Waals surface area contributed by atoms with Gasteiger partial charge in [0.15, 0.2) is 11.6 Å². The van der Waals surface area contributed by atoms with Crippen LogP contribution in [0.15, 0.2) is 40.7 Å². The molecule has 1 aliphatic heterocycles. The summed E-state index contributed by atoms with van der Waals surface area (Å²) < 4.78 is 14.9. The van der Waals surface area contributed by atoms with Gasteiger partial charge in [-0.2, -0.15) is 0 Å². The van der Waals surface area contributed by atoms with E-state index in [1.807, 2.05) is 0 Å². The van der Waals surface area contributed by atoms with Crippen LogP contribution in [0.25, 0.3) is 0 Å². The summed E-state index contributed by atoms with van der Waals surface area (Å²) in [7, 11) is 0. The zero-order valence-electron chi connectivity index (χ0n) is 16.7. The fourth-order valence-corrected chi connectivity index (χ4v) is 5.12. The Balaban J connectivity index is 1.96. The molecule has 3 aliphatic rings. The minimum Gasteiger partial charge on any atom is -0.362 e. The molecule has 0 saturated carbocycles. The molecule has 0 atom stereocenters. The molecule has 28 heavy (non-hydrogen) atoms. The van der Waals surface area contributed by atoms with E-state index in [9.17, 15) is 14.0 Å². The van der Waals surface area contributed by atoms with Crippen LogP contribution in [0.4, 0.5) is 4.39 Å². The number of carbonyl (C=O) groups excluding carboxylic acids is 2. The number of rotatable bonds is 1. The van der Waals surface area contributed by atoms with Gasteiger partial charge in [0.2, 0.25) is 0 Å². The Labute approximate surface area is 170 Å². The SMILES string of the molecule is CC1(C)CC(=O)C2=C(C1)NC1=C(C(=O)CC(C)(C)C1)C2c1cc(Cl)ccc1F. The summed E-state index contributed by atoms with van der Waals surface area (Å²) in [6, 6.07) is 4.36. The number of allylic oxidation sites excluding steroid dienone is 4. The van der Waals surface area contributed by atoms with Crippen LogP contribution < -0.4 is 5.32 Å². The lowest BCUT2D eigenvalue weighted by molar-refractivity contribution is -0.119. The van der Waals surface area contributed by atoms with Crippen molar-refractivity contribution in [1.29, 1.82) is 0 Å². The minimum atomic E-state index is -0.683. The highest BCUT2D eigenvalue weighted by Gasteiger charge is 2.46. The highest BCUT2D eigenvalue weighted by molar-refractivity contribution is 6.30. The summed E-state index contributed by atoms with van der Waals surface area (Å²) in [5, 5.41) is 3.82. The summed E-state index contributed by atoms with van der Waals surface area (Å²) in [6.07, 6.45) is 2.15. The van der Waals surface area contributed by atoms with E-state index in [2.05, 4.69) is 33.0 Å². The lowest BCUT2D eigenvalue weighted by Gasteiger charge is -2.44. The maximum absolute atomic E-state index is 14.9. The van der Waals surface area contributed by atoms with E-state index in [1.165, 1.54) is 12.1 Å². The zero-order chi connectivity index (χ0) is 20.4. The zero-order valence-corrected chi connectivity index (χ0v) is 17.5. The van der Waals surface area contributed by atoms with E-state index in [1.54, 1.807) is 6.07 Å². The van der Waals surface area contributed by atoms with Gasteiger partial charge in [0, 0.05) is 51.9 Å². The Morgan fingerprint density at radius 3 is 1.93 bits per heavy atom. The highest BCUT2D eigenvalue weighted by atomic mass is 35.5. The van der Waals surface area contributed by atoms with Gasteiger partial charge in [-0.25, -0.2) is 4.39 Å². The molecule has 0 radical (unpaired) electrons. The molecule has 148 valence electrons. The molecule has 0 saturated heterocycles. The summed E-state index contributed by atoms with van der Waals surface area (Å²) in [5.74, 6) is -1.16. The number of Topliss-reactive ketones (excluding diaryl/α,β-unsaturated/α-hetero) is 2. The van der Waals surface area contributed by atoms with Crippen LogP contribution in [0.3, 0.4) is 0 Å². The minimum absolute atomic E-state index is 0.0210. The molecule has 1 heterocycles. The number of benzene rings is 1. The van der Waals surface area contributed by atoms with Crippen molar-refractivity contribution < 1.29 is 14.0 Å². The van der Waals surface area contributed by atoms with Crippen molar-refractivity contribution in [3.8, 4) is 0 Å². The second-order valence-electron chi connectivity index (χ2n) is 9.89. The Morgan fingerprint density at radius 1 is 0.929 bits per heavy atom. The van der Waals surface area contributed by atoms with Crippen molar-refractivity contribution in [2.24, 2.45) is 10.8 Å². The Hall–Kier alpha value is -1.94. The van der Waals surface area contributed by atoms with Gasteiger partial charge in [-0.1, -0.05) is 39.3 Å². The van der Waals surface area contributed by atoms with Gasteiger partial charge in [-0.05, 0) is 41.9 Å². The number of nitrogens with one attached hydrogen (secondary N) is 1. The van der Waals surface area contributed by atoms with E-state index in [4.69, 9.17) is 11.6 Å². The van der Waals surface area contributed by atoms with Crippen molar-refractivity contribution >= 4 is 23.2 Å². The number of hydrogen-bond donors (Lipinski definition) is 1. The Morgan fingerprint density at radius 2 is 1.43 bits per heavy atom. The van der Waals surface area contributed by atoms with Crippen molar-refractivity contribution in [3.63, 3.8) is 0 Å². The van der Waals surface area contributed by atoms with Crippen LogP contribution in [0, 0.1) is 16.6 Å². The molecule has 3 nitrogen and oxygen atoms in total. The normalized spacial score (nSPS) is 24.1. The van der Waals surface area contributed by atoms with E-state index < -0.39 is 11.7 Å². The third kappa shape index (κ3) is 3.22. The molecule has 1 aromatic carbocycles. The Bertz CT molecular complexity index is 919. The fraction of sp³-hybridized carbons (Fsp3) is 0.478. The van der Waals surface area contributed by atoms with Crippen molar-refractivity contribution in [1.82, 2.24) is 5.32 Å². The predicted molar refractivity (Wildman–Crippen MR) is 107 cm³/mol. The fourth-order valence-electron chi connectivity index (χ4n) is 4.94. The molecule has 0 unspecified atom stereocenters. The largest absolute Gasteiger partial charge is 0.362 e.